The molecule has 0 rings (SSSR count). The van der Waals surface area contributed by atoms with E-state index in [4.69, 9.17) is 0 Å². The average molecular weight is 300 g/mol. The average Bonchev–Trinajstić information content (AvgIpc) is 2.46. The molecule has 116 valence electrons. The molecule has 0 nitrogen and oxygen atoms in total. The first-order valence-electron chi connectivity index (χ1n) is 6.57. The topological polar surface area (TPSA) is 0 Å². The summed E-state index contributed by atoms with van der Waals surface area (Å²) in [6.45, 7) is 25.2. The Morgan fingerprint density at radius 1 is 0.591 bits per heavy atom. The highest BCUT2D eigenvalue weighted by molar-refractivity contribution is 5.55. The highest BCUT2D eigenvalue weighted by atomic mass is 19.2. The molecule has 0 radical (unpaired) electrons. The lowest BCUT2D eigenvalue weighted by atomic mass is 10.0. The molecular formula is C20H22F2. The Bertz CT molecular complexity index is 579. The van der Waals surface area contributed by atoms with Crippen molar-refractivity contribution in [3.8, 4) is 0 Å². The van der Waals surface area contributed by atoms with Gasteiger partial charge in [-0.3, -0.25) is 0 Å². The quantitative estimate of drug-likeness (QED) is 0.441. The highest BCUT2D eigenvalue weighted by Gasteiger charge is 2.15. The van der Waals surface area contributed by atoms with E-state index in [0.29, 0.717) is 0 Å². The van der Waals surface area contributed by atoms with E-state index in [1.807, 2.05) is 0 Å². The van der Waals surface area contributed by atoms with Crippen molar-refractivity contribution in [1.29, 1.82) is 0 Å². The molecule has 0 atom stereocenters. The van der Waals surface area contributed by atoms with Crippen LogP contribution in [-0.4, -0.2) is 0 Å². The second-order valence-electron chi connectivity index (χ2n) is 4.99. The van der Waals surface area contributed by atoms with Crippen molar-refractivity contribution in [2.75, 3.05) is 0 Å². The molecule has 0 heterocycles. The summed E-state index contributed by atoms with van der Waals surface area (Å²) in [7, 11) is 0. The van der Waals surface area contributed by atoms with Gasteiger partial charge in [0.15, 0.2) is 11.7 Å². The summed E-state index contributed by atoms with van der Waals surface area (Å²) in [6, 6.07) is 0. The first kappa shape index (κ1) is 19.5. The fourth-order valence-electron chi connectivity index (χ4n) is 1.23. The maximum Gasteiger partial charge on any atom is 0.166 e. The smallest absolute Gasteiger partial charge is 0.166 e. The zero-order valence-corrected chi connectivity index (χ0v) is 13.3. The maximum atomic E-state index is 14.1. The Kier molecular flexibility index (Phi) is 7.74. The lowest BCUT2D eigenvalue weighted by Gasteiger charge is -2.08. The maximum absolute atomic E-state index is 14.1. The first-order valence-corrected chi connectivity index (χ1v) is 6.57. The van der Waals surface area contributed by atoms with E-state index < -0.39 is 11.7 Å². The second-order valence-corrected chi connectivity index (χ2v) is 4.99. The van der Waals surface area contributed by atoms with Gasteiger partial charge in [-0.2, -0.15) is 0 Å². The number of hydrogen-bond acceptors (Lipinski definition) is 0. The van der Waals surface area contributed by atoms with E-state index >= 15 is 0 Å². The van der Waals surface area contributed by atoms with Crippen molar-refractivity contribution in [2.45, 2.75) is 13.8 Å². The van der Waals surface area contributed by atoms with Gasteiger partial charge in [-0.15, -0.1) is 0 Å². The van der Waals surface area contributed by atoms with Crippen molar-refractivity contribution in [3.05, 3.63) is 109 Å². The molecule has 0 aromatic carbocycles. The van der Waals surface area contributed by atoms with Gasteiger partial charge < -0.3 is 0 Å². The summed E-state index contributed by atoms with van der Waals surface area (Å²) in [4.78, 5) is 0. The Hall–Kier alpha value is -2.48. The zero-order valence-electron chi connectivity index (χ0n) is 13.3. The third kappa shape index (κ3) is 6.31. The number of halogens is 2. The summed E-state index contributed by atoms with van der Waals surface area (Å²) in [6.07, 6.45) is 6.33. The van der Waals surface area contributed by atoms with Crippen LogP contribution < -0.4 is 0 Å². The molecule has 0 aliphatic heterocycles. The molecule has 2 heteroatoms. The SMILES string of the molecule is C=C(C)/C=C\C(=C)C(=C)/C(F)=C(/F)C(=C)C(=C)/C=C\C(=C)C. The molecule has 0 amide bonds. The van der Waals surface area contributed by atoms with E-state index in [0.717, 1.165) is 11.1 Å². The number of allylic oxidation sites excluding steroid dienone is 12. The molecule has 0 N–H and O–H groups in total. The fraction of sp³-hybridized carbons (Fsp3) is 0.100. The first-order chi connectivity index (χ1) is 10.1. The van der Waals surface area contributed by atoms with Crippen LogP contribution in [-0.2, 0) is 0 Å². The third-order valence-electron chi connectivity index (χ3n) is 2.64. The minimum absolute atomic E-state index is 0.146. The van der Waals surface area contributed by atoms with Gasteiger partial charge in [0.1, 0.15) is 0 Å². The number of rotatable bonds is 8. The highest BCUT2D eigenvalue weighted by Crippen LogP contribution is 2.29. The van der Waals surface area contributed by atoms with E-state index in [1.54, 1.807) is 26.0 Å². The Morgan fingerprint density at radius 3 is 1.09 bits per heavy atom. The van der Waals surface area contributed by atoms with E-state index in [9.17, 15) is 8.78 Å². The largest absolute Gasteiger partial charge is 0.203 e. The van der Waals surface area contributed by atoms with Gasteiger partial charge in [-0.05, 0) is 25.0 Å². The minimum Gasteiger partial charge on any atom is -0.203 e. The van der Waals surface area contributed by atoms with Gasteiger partial charge in [0.05, 0.1) is 0 Å². The van der Waals surface area contributed by atoms with Crippen LogP contribution in [0.15, 0.2) is 109 Å². The van der Waals surface area contributed by atoms with Crippen LogP contribution in [0.4, 0.5) is 8.78 Å². The molecule has 0 fully saturated rings. The third-order valence-corrected chi connectivity index (χ3v) is 2.64. The fourth-order valence-corrected chi connectivity index (χ4v) is 1.23. The summed E-state index contributed by atoms with van der Waals surface area (Å²) < 4.78 is 28.2. The number of hydrogen-bond donors (Lipinski definition) is 0. The zero-order chi connectivity index (χ0) is 17.4. The molecule has 22 heavy (non-hydrogen) atoms. The van der Waals surface area contributed by atoms with Gasteiger partial charge in [0.2, 0.25) is 0 Å². The Balaban J connectivity index is 5.28. The normalized spacial score (nSPS) is 12.2. The molecule has 0 aliphatic rings. The van der Waals surface area contributed by atoms with Gasteiger partial charge in [0, 0.05) is 11.1 Å². The van der Waals surface area contributed by atoms with Crippen molar-refractivity contribution in [1.82, 2.24) is 0 Å². The molecule has 0 unspecified atom stereocenters. The van der Waals surface area contributed by atoms with Crippen molar-refractivity contribution in [3.63, 3.8) is 0 Å². The van der Waals surface area contributed by atoms with Crippen LogP contribution in [0, 0.1) is 0 Å². The second kappa shape index (κ2) is 8.73. The summed E-state index contributed by atoms with van der Waals surface area (Å²) in [5.41, 5.74) is 1.75. The van der Waals surface area contributed by atoms with Crippen molar-refractivity contribution >= 4 is 0 Å². The van der Waals surface area contributed by atoms with Crippen LogP contribution in [0.2, 0.25) is 0 Å². The van der Waals surface area contributed by atoms with Gasteiger partial charge >= 0.3 is 0 Å². The van der Waals surface area contributed by atoms with Crippen LogP contribution in [0.5, 0.6) is 0 Å². The molecule has 0 aliphatic carbocycles. The lowest BCUT2D eigenvalue weighted by Crippen LogP contribution is -1.93. The Labute approximate surface area is 132 Å². The predicted octanol–water partition coefficient (Wildman–Crippen LogP) is 6.63. The molecule has 0 saturated heterocycles. The van der Waals surface area contributed by atoms with Gasteiger partial charge in [-0.1, -0.05) is 74.9 Å². The summed E-state index contributed by atoms with van der Waals surface area (Å²) in [5, 5.41) is 0. The van der Waals surface area contributed by atoms with Crippen LogP contribution in [0.1, 0.15) is 13.8 Å². The van der Waals surface area contributed by atoms with Gasteiger partial charge in [0.25, 0.3) is 0 Å². The molecule has 0 aromatic rings. The van der Waals surface area contributed by atoms with Gasteiger partial charge in [-0.25, -0.2) is 8.78 Å². The van der Waals surface area contributed by atoms with Crippen LogP contribution in [0.25, 0.3) is 0 Å². The van der Waals surface area contributed by atoms with E-state index in [-0.39, 0.29) is 22.3 Å². The van der Waals surface area contributed by atoms with E-state index in [2.05, 4.69) is 39.5 Å². The van der Waals surface area contributed by atoms with Crippen molar-refractivity contribution < 1.29 is 8.78 Å². The molecule has 0 bridgehead atoms. The predicted molar refractivity (Wildman–Crippen MR) is 93.7 cm³/mol. The summed E-state index contributed by atoms with van der Waals surface area (Å²) in [5.74, 6) is -2.21. The Morgan fingerprint density at radius 2 is 0.864 bits per heavy atom. The van der Waals surface area contributed by atoms with E-state index in [1.165, 1.54) is 12.2 Å². The minimum atomic E-state index is -1.11. The molecular weight excluding hydrogens is 278 g/mol. The van der Waals surface area contributed by atoms with Crippen molar-refractivity contribution in [2.24, 2.45) is 0 Å². The monoisotopic (exact) mass is 300 g/mol. The molecule has 0 spiro atoms. The molecule has 0 saturated carbocycles. The standard InChI is InChI=1S/C20H22F2/c1-13(2)9-11-15(5)17(7)19(21)20(22)18(8)16(6)12-10-14(3)4/h9-12H,1,3,5-8H2,2,4H3/b11-9-,12-10-,20-19-. The molecule has 0 aromatic heterocycles. The summed E-state index contributed by atoms with van der Waals surface area (Å²) >= 11 is 0. The van der Waals surface area contributed by atoms with Crippen LogP contribution >= 0.6 is 0 Å². The van der Waals surface area contributed by atoms with Crippen LogP contribution in [0.3, 0.4) is 0 Å². The lowest BCUT2D eigenvalue weighted by molar-refractivity contribution is 0.560.